The van der Waals surface area contributed by atoms with E-state index in [-0.39, 0.29) is 18.7 Å². The summed E-state index contributed by atoms with van der Waals surface area (Å²) < 4.78 is 11.8. The molecule has 4 saturated carbocycles. The Hall–Kier alpha value is -0.870. The zero-order valence-electron chi connectivity index (χ0n) is 28.0. The quantitative estimate of drug-likeness (QED) is 0.118. The molecule has 4 fully saturated rings. The van der Waals surface area contributed by atoms with Gasteiger partial charge in [-0.3, -0.25) is 0 Å². The van der Waals surface area contributed by atoms with Gasteiger partial charge in [0.1, 0.15) is 6.10 Å². The first-order valence-corrected chi connectivity index (χ1v) is 17.7. The number of ether oxygens (including phenoxy) is 2. The molecular weight excluding hydrogens is 506 g/mol. The second kappa shape index (κ2) is 14.3. The molecule has 0 spiro atoms. The van der Waals surface area contributed by atoms with E-state index in [4.69, 9.17) is 9.47 Å². The van der Waals surface area contributed by atoms with E-state index in [2.05, 4.69) is 59.9 Å². The molecule has 0 aromatic rings. The monoisotopic (exact) mass is 571 g/mol. The van der Waals surface area contributed by atoms with Gasteiger partial charge in [-0.25, -0.2) is 4.79 Å². The lowest BCUT2D eigenvalue weighted by Gasteiger charge is -2.61. The lowest BCUT2D eigenvalue weighted by atomic mass is 9.44. The molecule has 0 amide bonds. The van der Waals surface area contributed by atoms with Crippen LogP contribution in [0.4, 0.5) is 0 Å². The molecule has 41 heavy (non-hydrogen) atoms. The number of nitrogens with zero attached hydrogens (tertiary/aromatic N) is 1. The largest absolute Gasteiger partial charge is 0.459 e. The van der Waals surface area contributed by atoms with Gasteiger partial charge in [0, 0.05) is 6.54 Å². The summed E-state index contributed by atoms with van der Waals surface area (Å²) in [6.07, 6.45) is 16.0. The second-order valence-corrected chi connectivity index (χ2v) is 15.7. The van der Waals surface area contributed by atoms with Gasteiger partial charge in [0.15, 0.2) is 0 Å². The molecule has 0 aromatic carbocycles. The summed E-state index contributed by atoms with van der Waals surface area (Å²) in [6.45, 7) is 24.8. The molecule has 1 unspecified atom stereocenters. The molecule has 0 N–H and O–H groups in total. The van der Waals surface area contributed by atoms with Gasteiger partial charge in [-0.15, -0.1) is 0 Å². The smallest absolute Gasteiger partial charge is 0.336 e. The topological polar surface area (TPSA) is 38.8 Å². The number of carbonyl (C=O) groups excluding carboxylic acids is 1. The first-order valence-electron chi connectivity index (χ1n) is 17.7. The van der Waals surface area contributed by atoms with Crippen LogP contribution in [-0.2, 0) is 14.3 Å². The summed E-state index contributed by atoms with van der Waals surface area (Å²) in [6, 6.07) is 0. The minimum absolute atomic E-state index is 0.0426. The highest BCUT2D eigenvalue weighted by Gasteiger charge is 2.60. The van der Waals surface area contributed by atoms with Gasteiger partial charge >= 0.3 is 5.97 Å². The number of hydrogen-bond acceptors (Lipinski definition) is 4. The maximum Gasteiger partial charge on any atom is 0.336 e. The summed E-state index contributed by atoms with van der Waals surface area (Å²) in [5.74, 6) is 5.77. The first kappa shape index (κ1) is 33.0. The molecular formula is C37H65NO3. The third-order valence-electron chi connectivity index (χ3n) is 13.1. The van der Waals surface area contributed by atoms with E-state index in [1.807, 2.05) is 0 Å². The first-order chi connectivity index (χ1) is 19.5. The zero-order valence-corrected chi connectivity index (χ0v) is 28.0. The normalized spacial score (nSPS) is 37.4. The Kier molecular flexibility index (Phi) is 11.5. The molecule has 0 aliphatic heterocycles. The van der Waals surface area contributed by atoms with Gasteiger partial charge in [0.25, 0.3) is 0 Å². The van der Waals surface area contributed by atoms with Crippen LogP contribution >= 0.6 is 0 Å². The van der Waals surface area contributed by atoms with Crippen molar-refractivity contribution in [3.05, 3.63) is 12.2 Å². The second-order valence-electron chi connectivity index (χ2n) is 15.7. The summed E-state index contributed by atoms with van der Waals surface area (Å²) in [4.78, 5) is 15.2. The minimum atomic E-state index is -0.247. The van der Waals surface area contributed by atoms with E-state index >= 15 is 0 Å². The number of hydrogen-bond donors (Lipinski definition) is 0. The lowest BCUT2D eigenvalue weighted by molar-refractivity contribution is -0.159. The molecule has 0 saturated heterocycles. The standard InChI is InChI=1S/C37H65NO3/c1-9-38(10-2)22-23-40-25-28(6)35(39)41-30-18-20-36(7)29(24-30)14-15-31-33-17-16-32(27(5)13-11-12-26(3)4)37(33,8)21-19-34(31)36/h26-27,29-34H,6,9-25H2,1-5,7-8H3/t27-,29-,30+,31+,32?,33-,34-,36+,37-/m1/s1. The van der Waals surface area contributed by atoms with Crippen molar-refractivity contribution in [1.29, 1.82) is 0 Å². The average molecular weight is 572 g/mol. The third-order valence-corrected chi connectivity index (χ3v) is 13.1. The predicted octanol–water partition coefficient (Wildman–Crippen LogP) is 8.93. The van der Waals surface area contributed by atoms with Crippen LogP contribution in [0.5, 0.6) is 0 Å². The summed E-state index contributed by atoms with van der Waals surface area (Å²) in [5.41, 5.74) is 1.43. The Bertz CT molecular complexity index is 866. The van der Waals surface area contributed by atoms with Crippen LogP contribution in [0.25, 0.3) is 0 Å². The average Bonchev–Trinajstić information content (AvgIpc) is 3.30. The Morgan fingerprint density at radius 2 is 1.63 bits per heavy atom. The Morgan fingerprint density at radius 1 is 0.927 bits per heavy atom. The van der Waals surface area contributed by atoms with Crippen molar-refractivity contribution in [3.63, 3.8) is 0 Å². The van der Waals surface area contributed by atoms with E-state index in [9.17, 15) is 4.79 Å². The summed E-state index contributed by atoms with van der Waals surface area (Å²) >= 11 is 0. The number of rotatable bonds is 14. The van der Waals surface area contributed by atoms with Crippen LogP contribution in [0.1, 0.15) is 126 Å². The molecule has 4 aliphatic carbocycles. The van der Waals surface area contributed by atoms with Crippen LogP contribution < -0.4 is 0 Å². The number of fused-ring (bicyclic) bond motifs is 5. The molecule has 4 aliphatic rings. The van der Waals surface area contributed by atoms with E-state index in [0.717, 1.165) is 68.0 Å². The highest BCUT2D eigenvalue weighted by molar-refractivity contribution is 5.88. The van der Waals surface area contributed by atoms with Crippen LogP contribution in [0.2, 0.25) is 0 Å². The highest BCUT2D eigenvalue weighted by Crippen LogP contribution is 2.68. The third kappa shape index (κ3) is 7.27. The Balaban J connectivity index is 1.28. The fourth-order valence-electron chi connectivity index (χ4n) is 10.6. The Labute approximate surface area is 253 Å². The van der Waals surface area contributed by atoms with Crippen LogP contribution in [0.3, 0.4) is 0 Å². The number of carbonyl (C=O) groups is 1. The highest BCUT2D eigenvalue weighted by atomic mass is 16.5. The molecule has 0 radical (unpaired) electrons. The van der Waals surface area contributed by atoms with Crippen molar-refractivity contribution >= 4 is 5.97 Å². The Morgan fingerprint density at radius 3 is 2.34 bits per heavy atom. The molecule has 236 valence electrons. The van der Waals surface area contributed by atoms with Crippen molar-refractivity contribution < 1.29 is 14.3 Å². The van der Waals surface area contributed by atoms with Crippen molar-refractivity contribution in [3.8, 4) is 0 Å². The molecule has 4 heteroatoms. The van der Waals surface area contributed by atoms with Gasteiger partial charge in [-0.2, -0.15) is 0 Å². The van der Waals surface area contributed by atoms with Crippen LogP contribution in [0.15, 0.2) is 12.2 Å². The van der Waals surface area contributed by atoms with E-state index in [1.165, 1.54) is 64.2 Å². The number of esters is 1. The molecule has 9 atom stereocenters. The SMILES string of the molecule is C=C(COCCN(CC)CC)C(=O)O[C@H]1CC[C@@]2(C)[C@H](CC[C@@H]3[C@H]2CC[C@]2(C)C([C@H](C)CCCC(C)C)CC[C@H]32)C1. The van der Waals surface area contributed by atoms with Gasteiger partial charge in [-0.1, -0.05) is 74.3 Å². The van der Waals surface area contributed by atoms with Crippen molar-refractivity contribution in [2.75, 3.05) is 32.8 Å². The van der Waals surface area contributed by atoms with Crippen LogP contribution in [-0.4, -0.2) is 49.8 Å². The van der Waals surface area contributed by atoms with Gasteiger partial charge in [0.2, 0.25) is 0 Å². The zero-order chi connectivity index (χ0) is 29.8. The van der Waals surface area contributed by atoms with E-state index in [1.54, 1.807) is 0 Å². The molecule has 4 rings (SSSR count). The summed E-state index contributed by atoms with van der Waals surface area (Å²) in [5, 5.41) is 0. The molecule has 0 bridgehead atoms. The van der Waals surface area contributed by atoms with Crippen molar-refractivity contribution in [2.45, 2.75) is 132 Å². The molecule has 0 heterocycles. The fraction of sp³-hybridized carbons (Fsp3) is 0.919. The molecule has 0 aromatic heterocycles. The van der Waals surface area contributed by atoms with Crippen molar-refractivity contribution in [2.24, 2.45) is 52.3 Å². The van der Waals surface area contributed by atoms with Gasteiger partial charge < -0.3 is 14.4 Å². The van der Waals surface area contributed by atoms with E-state index in [0.29, 0.717) is 28.9 Å². The van der Waals surface area contributed by atoms with E-state index < -0.39 is 0 Å². The maximum absolute atomic E-state index is 12.9. The lowest BCUT2D eigenvalue weighted by Crippen LogP contribution is -2.54. The summed E-state index contributed by atoms with van der Waals surface area (Å²) in [7, 11) is 0. The van der Waals surface area contributed by atoms with Crippen molar-refractivity contribution in [1.82, 2.24) is 4.90 Å². The number of likely N-dealkylation sites (N-methyl/N-ethyl adjacent to an activating group) is 1. The van der Waals surface area contributed by atoms with Gasteiger partial charge in [-0.05, 0) is 123 Å². The fourth-order valence-corrected chi connectivity index (χ4v) is 10.6. The van der Waals surface area contributed by atoms with Gasteiger partial charge in [0.05, 0.1) is 18.8 Å². The predicted molar refractivity (Wildman–Crippen MR) is 171 cm³/mol. The van der Waals surface area contributed by atoms with Crippen LogP contribution in [0, 0.1) is 52.3 Å². The molecule has 4 nitrogen and oxygen atoms in total. The minimum Gasteiger partial charge on any atom is -0.459 e. The maximum atomic E-state index is 12.9.